The van der Waals surface area contributed by atoms with E-state index in [9.17, 15) is 0 Å². The predicted molar refractivity (Wildman–Crippen MR) is 60.9 cm³/mol. The molecule has 0 spiro atoms. The largest absolute Gasteiger partial charge is 0.446 e. The van der Waals surface area contributed by atoms with Crippen LogP contribution >= 0.6 is 0 Å². The summed E-state index contributed by atoms with van der Waals surface area (Å²) in [5, 5.41) is 1.14. The maximum absolute atomic E-state index is 5.39. The molecule has 0 fully saturated rings. The van der Waals surface area contributed by atoms with E-state index >= 15 is 0 Å². The minimum atomic E-state index is 0.742. The van der Waals surface area contributed by atoms with E-state index in [1.165, 1.54) is 5.56 Å². The molecule has 2 aromatic heterocycles. The summed E-state index contributed by atoms with van der Waals surface area (Å²) in [6, 6.07) is 4.01. The molecule has 0 saturated heterocycles. The number of furan rings is 1. The highest BCUT2D eigenvalue weighted by Crippen LogP contribution is 2.18. The summed E-state index contributed by atoms with van der Waals surface area (Å²) >= 11 is 0. The molecule has 0 aliphatic heterocycles. The monoisotopic (exact) mass is 204 g/mol. The second kappa shape index (κ2) is 4.45. The fraction of sp³-hybridized carbons (Fsp3) is 0.417. The van der Waals surface area contributed by atoms with E-state index in [-0.39, 0.29) is 0 Å². The van der Waals surface area contributed by atoms with Gasteiger partial charge in [-0.25, -0.2) is 4.98 Å². The molecule has 3 nitrogen and oxygen atoms in total. The summed E-state index contributed by atoms with van der Waals surface area (Å²) in [5.74, 6) is 0. The lowest BCUT2D eigenvalue weighted by atomic mass is 10.1. The van der Waals surface area contributed by atoms with Gasteiger partial charge in [-0.15, -0.1) is 0 Å². The zero-order valence-electron chi connectivity index (χ0n) is 9.23. The van der Waals surface area contributed by atoms with Crippen LogP contribution in [0.1, 0.15) is 12.5 Å². The molecule has 0 aromatic carbocycles. The highest BCUT2D eigenvalue weighted by atomic mass is 16.3. The van der Waals surface area contributed by atoms with Gasteiger partial charge in [0, 0.05) is 23.7 Å². The molecular formula is C12H16N2O. The molecule has 0 aliphatic rings. The average Bonchev–Trinajstić information content (AvgIpc) is 2.69. The first-order chi connectivity index (χ1) is 7.31. The summed E-state index contributed by atoms with van der Waals surface area (Å²) in [6.07, 6.45) is 4.60. The van der Waals surface area contributed by atoms with Gasteiger partial charge in [0.1, 0.15) is 0 Å². The van der Waals surface area contributed by atoms with Gasteiger partial charge in [-0.1, -0.05) is 6.92 Å². The van der Waals surface area contributed by atoms with E-state index in [0.717, 1.165) is 30.6 Å². The van der Waals surface area contributed by atoms with Crippen LogP contribution in [0.15, 0.2) is 29.0 Å². The molecule has 0 saturated carbocycles. The molecule has 2 rings (SSSR count). The van der Waals surface area contributed by atoms with Gasteiger partial charge in [0.2, 0.25) is 5.71 Å². The lowest BCUT2D eigenvalue weighted by Crippen LogP contribution is -2.20. The molecule has 15 heavy (non-hydrogen) atoms. The van der Waals surface area contributed by atoms with Gasteiger partial charge in [0.25, 0.3) is 0 Å². The number of aromatic nitrogens is 1. The molecule has 2 heterocycles. The van der Waals surface area contributed by atoms with Crippen LogP contribution < -0.4 is 0 Å². The van der Waals surface area contributed by atoms with E-state index in [4.69, 9.17) is 4.42 Å². The first-order valence-corrected chi connectivity index (χ1v) is 5.31. The molecule has 0 N–H and O–H groups in total. The van der Waals surface area contributed by atoms with E-state index in [1.807, 2.05) is 12.3 Å². The standard InChI is InChI=1S/C12H16N2O/c1-3-14(2)8-6-10-9-15-12-11(10)5-4-7-13-12/h4-5,7,9H,3,6,8H2,1-2H3. The number of nitrogens with zero attached hydrogens (tertiary/aromatic N) is 2. The molecule has 0 unspecified atom stereocenters. The average molecular weight is 204 g/mol. The number of rotatable bonds is 4. The SMILES string of the molecule is CCN(C)CCc1coc2ncccc12. The van der Waals surface area contributed by atoms with E-state index in [0.29, 0.717) is 0 Å². The fourth-order valence-corrected chi connectivity index (χ4v) is 1.58. The molecule has 3 heteroatoms. The maximum Gasteiger partial charge on any atom is 0.226 e. The van der Waals surface area contributed by atoms with E-state index < -0.39 is 0 Å². The third kappa shape index (κ3) is 2.18. The Labute approximate surface area is 89.7 Å². The summed E-state index contributed by atoms with van der Waals surface area (Å²) in [6.45, 7) is 4.29. The van der Waals surface area contributed by atoms with Crippen molar-refractivity contribution in [3.63, 3.8) is 0 Å². The Balaban J connectivity index is 2.14. The zero-order chi connectivity index (χ0) is 10.7. The van der Waals surface area contributed by atoms with Crippen LogP contribution in [0.25, 0.3) is 11.1 Å². The van der Waals surface area contributed by atoms with E-state index in [2.05, 4.69) is 29.9 Å². The quantitative estimate of drug-likeness (QED) is 0.765. The first kappa shape index (κ1) is 10.2. The maximum atomic E-state index is 5.39. The smallest absolute Gasteiger partial charge is 0.226 e. The summed E-state index contributed by atoms with van der Waals surface area (Å²) in [5.41, 5.74) is 1.99. The van der Waals surface area contributed by atoms with Crippen LogP contribution in [0.4, 0.5) is 0 Å². The highest BCUT2D eigenvalue weighted by molar-refractivity contribution is 5.77. The van der Waals surface area contributed by atoms with Crippen LogP contribution in [-0.4, -0.2) is 30.0 Å². The topological polar surface area (TPSA) is 29.3 Å². The first-order valence-electron chi connectivity index (χ1n) is 5.31. The van der Waals surface area contributed by atoms with Gasteiger partial charge in [-0.2, -0.15) is 0 Å². The van der Waals surface area contributed by atoms with Gasteiger partial charge >= 0.3 is 0 Å². The molecule has 0 radical (unpaired) electrons. The third-order valence-corrected chi connectivity index (χ3v) is 2.73. The summed E-state index contributed by atoms with van der Waals surface area (Å²) in [4.78, 5) is 6.46. The van der Waals surface area contributed by atoms with Gasteiger partial charge in [0.05, 0.1) is 6.26 Å². The number of hydrogen-bond acceptors (Lipinski definition) is 3. The van der Waals surface area contributed by atoms with Crippen LogP contribution in [0.3, 0.4) is 0 Å². The minimum Gasteiger partial charge on any atom is -0.446 e. The Morgan fingerprint density at radius 2 is 2.33 bits per heavy atom. The van der Waals surface area contributed by atoms with Crippen LogP contribution in [0.2, 0.25) is 0 Å². The highest BCUT2D eigenvalue weighted by Gasteiger charge is 2.06. The number of likely N-dealkylation sites (N-methyl/N-ethyl adjacent to an activating group) is 1. The van der Waals surface area contributed by atoms with Crippen LogP contribution in [0.5, 0.6) is 0 Å². The normalized spacial score (nSPS) is 11.4. The van der Waals surface area contributed by atoms with Crippen molar-refractivity contribution in [1.29, 1.82) is 0 Å². The Morgan fingerprint density at radius 3 is 3.13 bits per heavy atom. The van der Waals surface area contributed by atoms with Crippen molar-refractivity contribution in [2.45, 2.75) is 13.3 Å². The van der Waals surface area contributed by atoms with Crippen molar-refractivity contribution >= 4 is 11.1 Å². The van der Waals surface area contributed by atoms with Gasteiger partial charge in [-0.3, -0.25) is 0 Å². The minimum absolute atomic E-state index is 0.742. The van der Waals surface area contributed by atoms with Crippen molar-refractivity contribution in [3.05, 3.63) is 30.2 Å². The van der Waals surface area contributed by atoms with Crippen molar-refractivity contribution in [2.24, 2.45) is 0 Å². The molecular weight excluding hydrogens is 188 g/mol. The third-order valence-electron chi connectivity index (χ3n) is 2.73. The number of pyridine rings is 1. The van der Waals surface area contributed by atoms with Crippen molar-refractivity contribution in [2.75, 3.05) is 20.1 Å². The predicted octanol–water partition coefficient (Wildman–Crippen LogP) is 2.32. The van der Waals surface area contributed by atoms with Gasteiger partial charge in [0.15, 0.2) is 0 Å². The van der Waals surface area contributed by atoms with Crippen LogP contribution in [-0.2, 0) is 6.42 Å². The number of hydrogen-bond donors (Lipinski definition) is 0. The fourth-order valence-electron chi connectivity index (χ4n) is 1.58. The second-order valence-electron chi connectivity index (χ2n) is 3.76. The van der Waals surface area contributed by atoms with Crippen molar-refractivity contribution in [1.82, 2.24) is 9.88 Å². The lowest BCUT2D eigenvalue weighted by molar-refractivity contribution is 0.357. The van der Waals surface area contributed by atoms with Crippen LogP contribution in [0, 0.1) is 0 Å². The lowest BCUT2D eigenvalue weighted by Gasteiger charge is -2.12. The molecule has 0 bridgehead atoms. The molecule has 0 atom stereocenters. The molecule has 2 aromatic rings. The second-order valence-corrected chi connectivity index (χ2v) is 3.76. The molecule has 0 amide bonds. The summed E-state index contributed by atoms with van der Waals surface area (Å²) < 4.78 is 5.39. The van der Waals surface area contributed by atoms with E-state index in [1.54, 1.807) is 6.20 Å². The molecule has 80 valence electrons. The molecule has 0 aliphatic carbocycles. The number of fused-ring (bicyclic) bond motifs is 1. The zero-order valence-corrected chi connectivity index (χ0v) is 9.23. The van der Waals surface area contributed by atoms with Gasteiger partial charge < -0.3 is 9.32 Å². The Bertz CT molecular complexity index is 436. The Morgan fingerprint density at radius 1 is 1.47 bits per heavy atom. The van der Waals surface area contributed by atoms with Gasteiger partial charge in [-0.05, 0) is 32.1 Å². The van der Waals surface area contributed by atoms with Crippen molar-refractivity contribution in [3.8, 4) is 0 Å². The van der Waals surface area contributed by atoms with Crippen molar-refractivity contribution < 1.29 is 4.42 Å². The Hall–Kier alpha value is -1.35. The summed E-state index contributed by atoms with van der Waals surface area (Å²) in [7, 11) is 2.13. The Kier molecular flexibility index (Phi) is 3.02.